The van der Waals surface area contributed by atoms with Crippen LogP contribution < -0.4 is 14.4 Å². The van der Waals surface area contributed by atoms with Crippen LogP contribution in [0.1, 0.15) is 18.1 Å². The van der Waals surface area contributed by atoms with Crippen LogP contribution in [0.4, 0.5) is 10.1 Å². The number of aliphatic hydroxyl groups is 1. The minimum absolute atomic E-state index is 0.0857. The van der Waals surface area contributed by atoms with Gasteiger partial charge in [-0.05, 0) is 43.2 Å². The van der Waals surface area contributed by atoms with Crippen molar-refractivity contribution >= 4 is 11.6 Å². The molecule has 1 amide bonds. The molecule has 1 N–H and O–H groups in total. The molecule has 1 aliphatic heterocycles. The van der Waals surface area contributed by atoms with Gasteiger partial charge in [-0.2, -0.15) is 5.26 Å². The first kappa shape index (κ1) is 18.7. The van der Waals surface area contributed by atoms with Gasteiger partial charge in [-0.1, -0.05) is 6.07 Å². The van der Waals surface area contributed by atoms with E-state index in [0.29, 0.717) is 30.0 Å². The third-order valence-electron chi connectivity index (χ3n) is 4.50. The highest BCUT2D eigenvalue weighted by Gasteiger charge is 2.39. The second kappa shape index (κ2) is 7.25. The van der Waals surface area contributed by atoms with Gasteiger partial charge in [0.1, 0.15) is 12.4 Å². The van der Waals surface area contributed by atoms with Gasteiger partial charge in [0.15, 0.2) is 17.2 Å². The molecule has 0 saturated heterocycles. The van der Waals surface area contributed by atoms with Crippen LogP contribution in [0.3, 0.4) is 0 Å². The predicted molar refractivity (Wildman–Crippen MR) is 96.3 cm³/mol. The summed E-state index contributed by atoms with van der Waals surface area (Å²) < 4.78 is 24.2. The average Bonchev–Trinajstić information content (AvgIpc) is 3.10. The number of halogens is 1. The molecule has 2 aromatic carbocycles. The number of fused-ring (bicyclic) bond motifs is 1. The summed E-state index contributed by atoms with van der Waals surface area (Å²) in [5.41, 5.74) is 0.0385. The highest BCUT2D eigenvalue weighted by atomic mass is 19.1. The summed E-state index contributed by atoms with van der Waals surface area (Å²) in [6, 6.07) is 11.3. The largest absolute Gasteiger partial charge is 0.497 e. The molecule has 27 heavy (non-hydrogen) atoms. The number of rotatable bonds is 5. The molecule has 0 aromatic heterocycles. The smallest absolute Gasteiger partial charge is 0.262 e. The maximum Gasteiger partial charge on any atom is 0.262 e. The first-order chi connectivity index (χ1) is 12.9. The molecular formula is C20H19FN2O4. The number of carbonyl (C=O) groups excluding carboxylic acids is 1. The molecule has 140 valence electrons. The van der Waals surface area contributed by atoms with Crippen molar-refractivity contribution in [2.24, 2.45) is 0 Å². The number of nitrogens with zero attached hydrogens (tertiary/aromatic N) is 2. The van der Waals surface area contributed by atoms with Crippen LogP contribution in [0.15, 0.2) is 36.4 Å². The zero-order valence-corrected chi connectivity index (χ0v) is 15.0. The Kier molecular flexibility index (Phi) is 5.02. The van der Waals surface area contributed by atoms with Crippen LogP contribution in [0.5, 0.6) is 11.5 Å². The lowest BCUT2D eigenvalue weighted by Crippen LogP contribution is -2.50. The van der Waals surface area contributed by atoms with Crippen molar-refractivity contribution in [1.29, 1.82) is 5.26 Å². The molecule has 1 atom stereocenters. The molecular weight excluding hydrogens is 351 g/mol. The first-order valence-electron chi connectivity index (χ1n) is 8.40. The Morgan fingerprint density at radius 2 is 2.19 bits per heavy atom. The van der Waals surface area contributed by atoms with Crippen LogP contribution in [0.2, 0.25) is 0 Å². The molecule has 0 saturated carbocycles. The monoisotopic (exact) mass is 370 g/mol. The second-order valence-electron chi connectivity index (χ2n) is 6.48. The van der Waals surface area contributed by atoms with Crippen molar-refractivity contribution < 1.29 is 23.8 Å². The number of amides is 1. The molecule has 0 bridgehead atoms. The van der Waals surface area contributed by atoms with Gasteiger partial charge in [0.2, 0.25) is 0 Å². The summed E-state index contributed by atoms with van der Waals surface area (Å²) in [6.45, 7) is 1.27. The number of hydrogen-bond donors (Lipinski definition) is 1. The Hall–Kier alpha value is -3.11. The van der Waals surface area contributed by atoms with Gasteiger partial charge < -0.3 is 19.5 Å². The van der Waals surface area contributed by atoms with E-state index in [1.165, 1.54) is 31.1 Å². The van der Waals surface area contributed by atoms with E-state index in [2.05, 4.69) is 6.07 Å². The van der Waals surface area contributed by atoms with Gasteiger partial charge >= 0.3 is 0 Å². The lowest BCUT2D eigenvalue weighted by molar-refractivity contribution is -0.137. The highest BCUT2D eigenvalue weighted by Crippen LogP contribution is 2.32. The molecule has 7 heteroatoms. The number of benzene rings is 2. The molecule has 2 aromatic rings. The van der Waals surface area contributed by atoms with E-state index in [9.17, 15) is 19.6 Å². The molecule has 0 radical (unpaired) electrons. The van der Waals surface area contributed by atoms with E-state index in [4.69, 9.17) is 9.47 Å². The van der Waals surface area contributed by atoms with E-state index >= 15 is 0 Å². The Labute approximate surface area is 156 Å². The molecule has 0 unspecified atom stereocenters. The fourth-order valence-corrected chi connectivity index (χ4v) is 3.05. The van der Waals surface area contributed by atoms with Crippen molar-refractivity contribution in [3.05, 3.63) is 53.3 Å². The number of methoxy groups -OCH3 is 1. The third-order valence-corrected chi connectivity index (χ3v) is 4.50. The minimum Gasteiger partial charge on any atom is -0.497 e. The summed E-state index contributed by atoms with van der Waals surface area (Å²) in [7, 11) is 1.42. The fraction of sp³-hybridized carbons (Fsp3) is 0.300. The van der Waals surface area contributed by atoms with Crippen molar-refractivity contribution in [2.45, 2.75) is 18.9 Å². The van der Waals surface area contributed by atoms with E-state index < -0.39 is 23.9 Å². The van der Waals surface area contributed by atoms with Crippen LogP contribution in [-0.4, -0.2) is 36.9 Å². The van der Waals surface area contributed by atoms with Gasteiger partial charge in [-0.25, -0.2) is 4.39 Å². The SMILES string of the molecule is COc1ccc(OC[C@](C)(O)C(=O)N2CCc3c(C#N)cccc32)c(F)c1. The van der Waals surface area contributed by atoms with Crippen molar-refractivity contribution in [3.63, 3.8) is 0 Å². The number of nitriles is 1. The quantitative estimate of drug-likeness (QED) is 0.874. The maximum atomic E-state index is 14.0. The average molecular weight is 370 g/mol. The molecule has 3 rings (SSSR count). The summed E-state index contributed by atoms with van der Waals surface area (Å²) in [6.07, 6.45) is 0.537. The highest BCUT2D eigenvalue weighted by molar-refractivity contribution is 6.01. The number of hydrogen-bond acceptors (Lipinski definition) is 5. The van der Waals surface area contributed by atoms with Crippen molar-refractivity contribution in [2.75, 3.05) is 25.2 Å². The fourth-order valence-electron chi connectivity index (χ4n) is 3.05. The van der Waals surface area contributed by atoms with Gasteiger partial charge in [-0.15, -0.1) is 0 Å². The van der Waals surface area contributed by atoms with E-state index in [1.807, 2.05) is 0 Å². The van der Waals surface area contributed by atoms with E-state index in [-0.39, 0.29) is 5.75 Å². The molecule has 0 fully saturated rings. The molecule has 0 aliphatic carbocycles. The molecule has 1 heterocycles. The third kappa shape index (κ3) is 3.57. The molecule has 0 spiro atoms. The Balaban J connectivity index is 1.75. The zero-order valence-electron chi connectivity index (χ0n) is 15.0. The topological polar surface area (TPSA) is 82.8 Å². The summed E-state index contributed by atoms with van der Waals surface area (Å²) >= 11 is 0. The predicted octanol–water partition coefficient (Wildman–Crippen LogP) is 2.43. The maximum absolute atomic E-state index is 14.0. The standard InChI is InChI=1S/C20H19FN2O4/c1-20(25,12-27-18-7-6-14(26-2)10-16(18)21)19(24)23-9-8-15-13(11-22)4-3-5-17(15)23/h3-7,10,25H,8-9,12H2,1-2H3/t20-/m0/s1. The summed E-state index contributed by atoms with van der Waals surface area (Å²) in [5.74, 6) is -0.963. The number of anilines is 1. The van der Waals surface area contributed by atoms with Gasteiger partial charge in [0.05, 0.1) is 18.7 Å². The zero-order chi connectivity index (χ0) is 19.6. The lowest BCUT2D eigenvalue weighted by atomic mass is 10.0. The molecule has 6 nitrogen and oxygen atoms in total. The van der Waals surface area contributed by atoms with Crippen LogP contribution in [0.25, 0.3) is 0 Å². The van der Waals surface area contributed by atoms with Gasteiger partial charge in [-0.3, -0.25) is 4.79 Å². The first-order valence-corrected chi connectivity index (χ1v) is 8.40. The normalized spacial score (nSPS) is 14.9. The minimum atomic E-state index is -1.86. The second-order valence-corrected chi connectivity index (χ2v) is 6.48. The Morgan fingerprint density at radius 3 is 2.85 bits per heavy atom. The van der Waals surface area contributed by atoms with Gasteiger partial charge in [0, 0.05) is 18.3 Å². The molecule has 1 aliphatic rings. The number of carbonyl (C=O) groups is 1. The van der Waals surface area contributed by atoms with Crippen LogP contribution in [-0.2, 0) is 11.2 Å². The lowest BCUT2D eigenvalue weighted by Gasteiger charge is -2.28. The van der Waals surface area contributed by atoms with E-state index in [0.717, 1.165) is 11.6 Å². The van der Waals surface area contributed by atoms with E-state index in [1.54, 1.807) is 18.2 Å². The summed E-state index contributed by atoms with van der Waals surface area (Å²) in [5, 5.41) is 19.8. The van der Waals surface area contributed by atoms with Crippen molar-refractivity contribution in [3.8, 4) is 17.6 Å². The summed E-state index contributed by atoms with van der Waals surface area (Å²) in [4.78, 5) is 14.3. The Morgan fingerprint density at radius 1 is 1.41 bits per heavy atom. The van der Waals surface area contributed by atoms with Gasteiger partial charge in [0.25, 0.3) is 5.91 Å². The van der Waals surface area contributed by atoms with Crippen LogP contribution >= 0.6 is 0 Å². The van der Waals surface area contributed by atoms with Crippen molar-refractivity contribution in [1.82, 2.24) is 0 Å². The van der Waals surface area contributed by atoms with Crippen LogP contribution in [0, 0.1) is 17.1 Å². The Bertz CT molecular complexity index is 921. The number of ether oxygens (including phenoxy) is 2.